The number of aliphatic hydroxyl groups is 1. The number of nitrogens with zero attached hydrogens (tertiary/aromatic N) is 1. The lowest BCUT2D eigenvalue weighted by Gasteiger charge is -2.38. The topological polar surface area (TPSA) is 32.7 Å². The molecule has 2 saturated heterocycles. The Hall–Kier alpha value is -0.120. The molecule has 0 spiro atoms. The fourth-order valence-electron chi connectivity index (χ4n) is 4.16. The Kier molecular flexibility index (Phi) is 3.69. The predicted octanol–water partition coefficient (Wildman–Crippen LogP) is 1.79. The molecule has 1 aliphatic carbocycles. The van der Waals surface area contributed by atoms with E-state index in [0.717, 1.165) is 25.7 Å². The number of likely N-dealkylation sites (tertiary alicyclic amines) is 1. The zero-order chi connectivity index (χ0) is 11.7. The van der Waals surface area contributed by atoms with Gasteiger partial charge in [-0.2, -0.15) is 0 Å². The summed E-state index contributed by atoms with van der Waals surface area (Å²) in [4.78, 5) is 2.71. The van der Waals surface area contributed by atoms with Crippen molar-refractivity contribution in [3.8, 4) is 0 Å². The molecule has 3 aliphatic rings. The van der Waals surface area contributed by atoms with E-state index in [2.05, 4.69) is 4.90 Å². The zero-order valence-corrected chi connectivity index (χ0v) is 10.7. The Balaban J connectivity index is 1.66. The van der Waals surface area contributed by atoms with Crippen LogP contribution >= 0.6 is 0 Å². The zero-order valence-electron chi connectivity index (χ0n) is 10.7. The summed E-state index contributed by atoms with van der Waals surface area (Å²) < 4.78 is 5.47. The normalized spacial score (nSPS) is 41.1. The minimum atomic E-state index is -0.0274. The van der Waals surface area contributed by atoms with Crippen LogP contribution in [0.1, 0.15) is 44.9 Å². The second kappa shape index (κ2) is 5.25. The molecule has 3 unspecified atom stereocenters. The quantitative estimate of drug-likeness (QED) is 0.797. The highest BCUT2D eigenvalue weighted by Crippen LogP contribution is 2.37. The summed E-state index contributed by atoms with van der Waals surface area (Å²) in [7, 11) is 0. The van der Waals surface area contributed by atoms with Crippen LogP contribution < -0.4 is 0 Å². The Morgan fingerprint density at radius 3 is 2.47 bits per heavy atom. The van der Waals surface area contributed by atoms with E-state index in [9.17, 15) is 5.11 Å². The Morgan fingerprint density at radius 2 is 1.76 bits per heavy atom. The van der Waals surface area contributed by atoms with E-state index in [4.69, 9.17) is 4.74 Å². The molecular weight excluding hydrogens is 214 g/mol. The highest BCUT2D eigenvalue weighted by Gasteiger charge is 2.40. The van der Waals surface area contributed by atoms with Crippen LogP contribution in [-0.4, -0.2) is 48.0 Å². The lowest BCUT2D eigenvalue weighted by atomic mass is 9.92. The molecule has 2 aliphatic heterocycles. The lowest BCUT2D eigenvalue weighted by molar-refractivity contribution is 0.00409. The molecule has 0 amide bonds. The van der Waals surface area contributed by atoms with Gasteiger partial charge < -0.3 is 9.84 Å². The molecule has 1 saturated carbocycles. The minimum Gasteiger partial charge on any atom is -0.393 e. The van der Waals surface area contributed by atoms with Gasteiger partial charge in [-0.25, -0.2) is 0 Å². The first kappa shape index (κ1) is 11.9. The van der Waals surface area contributed by atoms with E-state index in [1.54, 1.807) is 0 Å². The fourth-order valence-corrected chi connectivity index (χ4v) is 4.16. The van der Waals surface area contributed by atoms with E-state index >= 15 is 0 Å². The second-order valence-corrected chi connectivity index (χ2v) is 5.95. The summed E-state index contributed by atoms with van der Waals surface area (Å²) in [5.41, 5.74) is 0. The van der Waals surface area contributed by atoms with Gasteiger partial charge in [0.15, 0.2) is 0 Å². The van der Waals surface area contributed by atoms with Gasteiger partial charge in [-0.15, -0.1) is 0 Å². The van der Waals surface area contributed by atoms with Gasteiger partial charge in [0, 0.05) is 31.2 Å². The molecule has 3 nitrogen and oxygen atoms in total. The third kappa shape index (κ3) is 2.38. The first-order valence-corrected chi connectivity index (χ1v) is 7.38. The van der Waals surface area contributed by atoms with E-state index in [0.29, 0.717) is 12.0 Å². The molecule has 98 valence electrons. The molecule has 0 bridgehead atoms. The summed E-state index contributed by atoms with van der Waals surface area (Å²) in [6.45, 7) is 3.11. The van der Waals surface area contributed by atoms with Crippen molar-refractivity contribution in [1.82, 2.24) is 4.90 Å². The second-order valence-electron chi connectivity index (χ2n) is 5.95. The summed E-state index contributed by atoms with van der Waals surface area (Å²) in [6.07, 6.45) is 8.49. The van der Waals surface area contributed by atoms with Crippen LogP contribution in [0.25, 0.3) is 0 Å². The van der Waals surface area contributed by atoms with Gasteiger partial charge >= 0.3 is 0 Å². The molecule has 0 aromatic carbocycles. The fraction of sp³-hybridized carbons (Fsp3) is 1.00. The van der Waals surface area contributed by atoms with Crippen LogP contribution in [0, 0.1) is 5.92 Å². The predicted molar refractivity (Wildman–Crippen MR) is 66.9 cm³/mol. The molecule has 0 aromatic rings. The molecule has 3 fully saturated rings. The van der Waals surface area contributed by atoms with Crippen LogP contribution in [0.5, 0.6) is 0 Å². The largest absolute Gasteiger partial charge is 0.393 e. The molecule has 0 aromatic heterocycles. The van der Waals surface area contributed by atoms with Crippen LogP contribution in [0.15, 0.2) is 0 Å². The Bertz CT molecular complexity index is 253. The maximum Gasteiger partial charge on any atom is 0.0583 e. The van der Waals surface area contributed by atoms with Gasteiger partial charge in [-0.1, -0.05) is 6.42 Å². The third-order valence-corrected chi connectivity index (χ3v) is 5.03. The smallest absolute Gasteiger partial charge is 0.0583 e. The summed E-state index contributed by atoms with van der Waals surface area (Å²) >= 11 is 0. The SMILES string of the molecule is OC1CCCC1C1CCCN1C1CCOCC1. The van der Waals surface area contributed by atoms with Gasteiger partial charge in [-0.3, -0.25) is 4.90 Å². The average Bonchev–Trinajstić information content (AvgIpc) is 2.98. The van der Waals surface area contributed by atoms with Crippen LogP contribution in [0.2, 0.25) is 0 Å². The monoisotopic (exact) mass is 239 g/mol. The number of hydrogen-bond donors (Lipinski definition) is 1. The molecule has 3 rings (SSSR count). The van der Waals surface area contributed by atoms with Gasteiger partial charge in [0.25, 0.3) is 0 Å². The van der Waals surface area contributed by atoms with E-state index < -0.39 is 0 Å². The van der Waals surface area contributed by atoms with Crippen molar-refractivity contribution in [3.63, 3.8) is 0 Å². The highest BCUT2D eigenvalue weighted by atomic mass is 16.5. The van der Waals surface area contributed by atoms with Crippen molar-refractivity contribution in [2.24, 2.45) is 5.92 Å². The first-order chi connectivity index (χ1) is 8.36. The number of ether oxygens (including phenoxy) is 1. The average molecular weight is 239 g/mol. The van der Waals surface area contributed by atoms with Crippen molar-refractivity contribution < 1.29 is 9.84 Å². The summed E-state index contributed by atoms with van der Waals surface area (Å²) in [5.74, 6) is 0.556. The number of rotatable bonds is 2. The van der Waals surface area contributed by atoms with E-state index in [1.165, 1.54) is 45.1 Å². The van der Waals surface area contributed by atoms with E-state index in [1.807, 2.05) is 0 Å². The van der Waals surface area contributed by atoms with Crippen LogP contribution in [0.3, 0.4) is 0 Å². The maximum atomic E-state index is 10.1. The van der Waals surface area contributed by atoms with Gasteiger partial charge in [0.05, 0.1) is 6.10 Å². The Morgan fingerprint density at radius 1 is 0.941 bits per heavy atom. The summed E-state index contributed by atoms with van der Waals surface area (Å²) in [6, 6.07) is 1.39. The van der Waals surface area contributed by atoms with Gasteiger partial charge in [-0.05, 0) is 45.1 Å². The van der Waals surface area contributed by atoms with Crippen molar-refractivity contribution in [3.05, 3.63) is 0 Å². The van der Waals surface area contributed by atoms with Crippen LogP contribution in [-0.2, 0) is 4.74 Å². The van der Waals surface area contributed by atoms with Gasteiger partial charge in [0.2, 0.25) is 0 Å². The molecule has 0 radical (unpaired) electrons. The third-order valence-electron chi connectivity index (χ3n) is 5.03. The van der Waals surface area contributed by atoms with Crippen LogP contribution in [0.4, 0.5) is 0 Å². The van der Waals surface area contributed by atoms with Crippen molar-refractivity contribution in [2.75, 3.05) is 19.8 Å². The van der Waals surface area contributed by atoms with E-state index in [-0.39, 0.29) is 6.10 Å². The number of aliphatic hydroxyl groups excluding tert-OH is 1. The molecule has 2 heterocycles. The van der Waals surface area contributed by atoms with Crippen molar-refractivity contribution in [1.29, 1.82) is 0 Å². The minimum absolute atomic E-state index is 0.0274. The molecule has 3 heteroatoms. The Labute approximate surface area is 104 Å². The molecule has 1 N–H and O–H groups in total. The van der Waals surface area contributed by atoms with Crippen molar-refractivity contribution in [2.45, 2.75) is 63.1 Å². The van der Waals surface area contributed by atoms with Gasteiger partial charge in [0.1, 0.15) is 0 Å². The van der Waals surface area contributed by atoms with Crippen molar-refractivity contribution >= 4 is 0 Å². The first-order valence-electron chi connectivity index (χ1n) is 7.38. The standard InChI is InChI=1S/C14H25NO2/c16-14-5-1-3-12(14)13-4-2-8-15(13)11-6-9-17-10-7-11/h11-14,16H,1-10H2. The molecule has 3 atom stereocenters. The highest BCUT2D eigenvalue weighted by molar-refractivity contribution is 4.94. The number of hydrogen-bond acceptors (Lipinski definition) is 3. The molecule has 17 heavy (non-hydrogen) atoms. The summed E-state index contributed by atoms with van der Waals surface area (Å²) in [5, 5.41) is 10.1. The maximum absolute atomic E-state index is 10.1. The molecular formula is C14H25NO2. The lowest BCUT2D eigenvalue weighted by Crippen LogP contribution is -2.46.